The molecule has 0 aromatic carbocycles. The number of aryl methyl sites for hydroxylation is 1. The number of aromatic nitrogens is 3. The number of rotatable bonds is 7. The average molecular weight is 316 g/mol. The number of hydrogen-bond donors (Lipinski definition) is 1. The Kier molecular flexibility index (Phi) is 4.31. The summed E-state index contributed by atoms with van der Waals surface area (Å²) in [6.07, 6.45) is 3.79. The van der Waals surface area contributed by atoms with Crippen LogP contribution in [-0.4, -0.2) is 49.6 Å². The highest BCUT2D eigenvalue weighted by atomic mass is 16.5. The Bertz CT molecular complexity index is 697. The number of pyridine rings is 1. The summed E-state index contributed by atoms with van der Waals surface area (Å²) < 4.78 is 5.12. The highest BCUT2D eigenvalue weighted by molar-refractivity contribution is 5.82. The highest BCUT2D eigenvalue weighted by Gasteiger charge is 2.33. The number of carboxylic acid groups (broad SMARTS) is 1. The zero-order chi connectivity index (χ0) is 16.2. The van der Waals surface area contributed by atoms with Crippen LogP contribution in [-0.2, 0) is 16.0 Å². The van der Waals surface area contributed by atoms with Gasteiger partial charge in [0.15, 0.2) is 0 Å². The molecule has 8 heteroatoms. The maximum absolute atomic E-state index is 12.2. The van der Waals surface area contributed by atoms with E-state index in [0.717, 1.165) is 12.8 Å². The van der Waals surface area contributed by atoms with Gasteiger partial charge < -0.3 is 14.5 Å². The molecule has 2 heterocycles. The molecule has 1 aliphatic carbocycles. The second-order valence-electron chi connectivity index (χ2n) is 5.37. The van der Waals surface area contributed by atoms with Gasteiger partial charge in [0.25, 0.3) is 0 Å². The molecule has 0 bridgehead atoms. The Balaban J connectivity index is 1.58. The lowest BCUT2D eigenvalue weighted by Crippen LogP contribution is -2.37. The molecule has 0 radical (unpaired) electrons. The lowest BCUT2D eigenvalue weighted by Gasteiger charge is -2.19. The minimum atomic E-state index is -1.000. The van der Waals surface area contributed by atoms with Crippen molar-refractivity contribution in [2.45, 2.75) is 31.7 Å². The Hall–Kier alpha value is -2.77. The number of nitrogens with zero attached hydrogens (tertiary/aromatic N) is 4. The van der Waals surface area contributed by atoms with Crippen molar-refractivity contribution in [1.29, 1.82) is 0 Å². The van der Waals surface area contributed by atoms with Gasteiger partial charge in [0.2, 0.25) is 17.6 Å². The summed E-state index contributed by atoms with van der Waals surface area (Å²) in [5.41, 5.74) is 0.597. The Morgan fingerprint density at radius 3 is 2.83 bits per heavy atom. The number of amides is 1. The predicted octanol–water partition coefficient (Wildman–Crippen LogP) is 1.14. The second kappa shape index (κ2) is 6.55. The average Bonchev–Trinajstić information content (AvgIpc) is 3.28. The topological polar surface area (TPSA) is 109 Å². The zero-order valence-electron chi connectivity index (χ0n) is 12.4. The first-order valence-electron chi connectivity index (χ1n) is 7.39. The molecule has 0 unspecified atom stereocenters. The second-order valence-corrected chi connectivity index (χ2v) is 5.37. The van der Waals surface area contributed by atoms with Gasteiger partial charge >= 0.3 is 5.97 Å². The molecule has 0 aliphatic heterocycles. The third-order valence-electron chi connectivity index (χ3n) is 3.53. The van der Waals surface area contributed by atoms with E-state index in [1.54, 1.807) is 18.3 Å². The lowest BCUT2D eigenvalue weighted by atomic mass is 10.2. The van der Waals surface area contributed by atoms with Crippen LogP contribution in [0.1, 0.15) is 25.2 Å². The van der Waals surface area contributed by atoms with Crippen LogP contribution in [0.15, 0.2) is 28.9 Å². The van der Waals surface area contributed by atoms with Gasteiger partial charge in [-0.15, -0.1) is 0 Å². The van der Waals surface area contributed by atoms with E-state index in [1.165, 1.54) is 4.90 Å². The van der Waals surface area contributed by atoms with E-state index in [1.807, 2.05) is 6.07 Å². The molecule has 1 N–H and O–H groups in total. The van der Waals surface area contributed by atoms with Crippen molar-refractivity contribution < 1.29 is 19.2 Å². The molecule has 3 rings (SSSR count). The minimum Gasteiger partial charge on any atom is -0.480 e. The summed E-state index contributed by atoms with van der Waals surface area (Å²) in [6, 6.07) is 5.44. The van der Waals surface area contributed by atoms with Crippen LogP contribution in [0.4, 0.5) is 0 Å². The maximum atomic E-state index is 12.2. The first kappa shape index (κ1) is 15.1. The summed E-state index contributed by atoms with van der Waals surface area (Å²) in [6.45, 7) is -0.257. The number of carboxylic acids is 1. The largest absolute Gasteiger partial charge is 0.480 e. The van der Waals surface area contributed by atoms with Crippen molar-refractivity contribution in [2.75, 3.05) is 6.54 Å². The fourth-order valence-corrected chi connectivity index (χ4v) is 2.27. The normalized spacial score (nSPS) is 13.7. The van der Waals surface area contributed by atoms with Gasteiger partial charge in [0.05, 0.1) is 0 Å². The molecule has 2 aromatic heterocycles. The first-order valence-corrected chi connectivity index (χ1v) is 7.39. The van der Waals surface area contributed by atoms with E-state index in [-0.39, 0.29) is 31.3 Å². The van der Waals surface area contributed by atoms with E-state index in [0.29, 0.717) is 17.4 Å². The van der Waals surface area contributed by atoms with E-state index in [4.69, 9.17) is 9.63 Å². The molecule has 0 saturated heterocycles. The Morgan fingerprint density at radius 2 is 2.17 bits per heavy atom. The molecule has 1 fully saturated rings. The summed E-state index contributed by atoms with van der Waals surface area (Å²) >= 11 is 0. The molecule has 2 aromatic rings. The van der Waals surface area contributed by atoms with Crippen LogP contribution in [0.5, 0.6) is 0 Å². The molecule has 1 saturated carbocycles. The van der Waals surface area contributed by atoms with Gasteiger partial charge in [-0.1, -0.05) is 11.2 Å². The highest BCUT2D eigenvalue weighted by Crippen LogP contribution is 2.27. The van der Waals surface area contributed by atoms with Crippen LogP contribution in [0.2, 0.25) is 0 Å². The van der Waals surface area contributed by atoms with Crippen molar-refractivity contribution in [3.63, 3.8) is 0 Å². The summed E-state index contributed by atoms with van der Waals surface area (Å²) in [5.74, 6) is -0.490. The third-order valence-corrected chi connectivity index (χ3v) is 3.53. The molecule has 23 heavy (non-hydrogen) atoms. The van der Waals surface area contributed by atoms with E-state index in [9.17, 15) is 9.59 Å². The molecular weight excluding hydrogens is 300 g/mol. The number of aliphatic carboxylic acids is 1. The number of hydrogen-bond acceptors (Lipinski definition) is 6. The smallest absolute Gasteiger partial charge is 0.323 e. The van der Waals surface area contributed by atoms with Crippen LogP contribution in [0.3, 0.4) is 0 Å². The number of carbonyl (C=O) groups is 2. The SMILES string of the molecule is O=C(O)CN(C(=O)CCc1nc(-c2ccccn2)no1)C1CC1. The molecule has 0 atom stereocenters. The first-order chi connectivity index (χ1) is 11.1. The maximum Gasteiger partial charge on any atom is 0.323 e. The lowest BCUT2D eigenvalue weighted by molar-refractivity contribution is -0.144. The van der Waals surface area contributed by atoms with Crippen molar-refractivity contribution in [3.8, 4) is 11.5 Å². The van der Waals surface area contributed by atoms with Crippen LogP contribution >= 0.6 is 0 Å². The molecule has 0 spiro atoms. The van der Waals surface area contributed by atoms with Gasteiger partial charge in [0.1, 0.15) is 12.2 Å². The third kappa shape index (κ3) is 3.91. The van der Waals surface area contributed by atoms with E-state index in [2.05, 4.69) is 15.1 Å². The van der Waals surface area contributed by atoms with Gasteiger partial charge in [0, 0.05) is 25.1 Å². The molecule has 1 amide bonds. The van der Waals surface area contributed by atoms with Crippen molar-refractivity contribution in [1.82, 2.24) is 20.0 Å². The van der Waals surface area contributed by atoms with Gasteiger partial charge in [-0.25, -0.2) is 0 Å². The molecule has 1 aliphatic rings. The molecule has 8 nitrogen and oxygen atoms in total. The van der Waals surface area contributed by atoms with Crippen molar-refractivity contribution in [3.05, 3.63) is 30.3 Å². The summed E-state index contributed by atoms with van der Waals surface area (Å²) in [4.78, 5) is 32.8. The van der Waals surface area contributed by atoms with Gasteiger partial charge in [-0.05, 0) is 25.0 Å². The fourth-order valence-electron chi connectivity index (χ4n) is 2.27. The fraction of sp³-hybridized carbons (Fsp3) is 0.400. The standard InChI is InChI=1S/C15H16N4O4/c20-13(19(9-14(21)22)10-4-5-10)7-6-12-17-15(18-23-12)11-3-1-2-8-16-11/h1-3,8,10H,4-7,9H2,(H,21,22). The van der Waals surface area contributed by atoms with Gasteiger partial charge in [-0.3, -0.25) is 14.6 Å². The van der Waals surface area contributed by atoms with Crippen LogP contribution in [0.25, 0.3) is 11.5 Å². The summed E-state index contributed by atoms with van der Waals surface area (Å²) in [7, 11) is 0. The predicted molar refractivity (Wildman–Crippen MR) is 78.2 cm³/mol. The Morgan fingerprint density at radius 1 is 1.35 bits per heavy atom. The summed E-state index contributed by atoms with van der Waals surface area (Å²) in [5, 5.41) is 12.7. The number of carbonyl (C=O) groups excluding carboxylic acids is 1. The van der Waals surface area contributed by atoms with Gasteiger partial charge in [-0.2, -0.15) is 4.98 Å². The Labute approximate surface area is 132 Å². The van der Waals surface area contributed by atoms with E-state index < -0.39 is 5.97 Å². The van der Waals surface area contributed by atoms with Crippen LogP contribution < -0.4 is 0 Å². The molecule has 120 valence electrons. The van der Waals surface area contributed by atoms with E-state index >= 15 is 0 Å². The van der Waals surface area contributed by atoms with Crippen molar-refractivity contribution >= 4 is 11.9 Å². The van der Waals surface area contributed by atoms with Crippen molar-refractivity contribution in [2.24, 2.45) is 0 Å². The monoisotopic (exact) mass is 316 g/mol. The zero-order valence-corrected chi connectivity index (χ0v) is 12.4. The molecular formula is C15H16N4O4. The minimum absolute atomic E-state index is 0.0605. The van der Waals surface area contributed by atoms with Crippen LogP contribution in [0, 0.1) is 0 Å². The quantitative estimate of drug-likeness (QED) is 0.815.